The van der Waals surface area contributed by atoms with Crippen LogP contribution in [0.25, 0.3) is 0 Å². The first-order valence-corrected chi connectivity index (χ1v) is 8.05. The molecule has 0 bridgehead atoms. The molecule has 0 aromatic rings. The van der Waals surface area contributed by atoms with Gasteiger partial charge in [-0.2, -0.15) is 0 Å². The van der Waals surface area contributed by atoms with Gasteiger partial charge in [0, 0.05) is 31.8 Å². The Morgan fingerprint density at radius 2 is 1.95 bits per heavy atom. The lowest BCUT2D eigenvalue weighted by Crippen LogP contribution is -2.37. The van der Waals surface area contributed by atoms with E-state index >= 15 is 0 Å². The first-order chi connectivity index (χ1) is 9.78. The highest BCUT2D eigenvalue weighted by Crippen LogP contribution is 2.26. The van der Waals surface area contributed by atoms with Crippen molar-refractivity contribution in [3.05, 3.63) is 12.2 Å². The molecule has 0 atom stereocenters. The predicted molar refractivity (Wildman–Crippen MR) is 80.6 cm³/mol. The van der Waals surface area contributed by atoms with Gasteiger partial charge in [-0.25, -0.2) is 0 Å². The molecular weight excluding hydrogens is 252 g/mol. The molecule has 20 heavy (non-hydrogen) atoms. The molecule has 1 aliphatic carbocycles. The van der Waals surface area contributed by atoms with Gasteiger partial charge < -0.3 is 10.1 Å². The minimum atomic E-state index is 0.0678. The number of hydrogen-bond donors (Lipinski definition) is 1. The lowest BCUT2D eigenvalue weighted by molar-refractivity contribution is -0.117. The average Bonchev–Trinajstić information content (AvgIpc) is 2.49. The number of ether oxygens (including phenoxy) is 1. The maximum absolute atomic E-state index is 11.9. The molecule has 0 radical (unpaired) electrons. The first-order valence-electron chi connectivity index (χ1n) is 8.05. The van der Waals surface area contributed by atoms with Crippen LogP contribution in [0.15, 0.2) is 12.2 Å². The van der Waals surface area contributed by atoms with Crippen molar-refractivity contribution < 1.29 is 9.53 Å². The third-order valence-corrected chi connectivity index (χ3v) is 4.51. The molecule has 1 aliphatic heterocycles. The van der Waals surface area contributed by atoms with Gasteiger partial charge >= 0.3 is 0 Å². The highest BCUT2D eigenvalue weighted by atomic mass is 16.5. The number of nitrogens with one attached hydrogen (secondary N) is 1. The summed E-state index contributed by atoms with van der Waals surface area (Å²) in [6.45, 7) is 6.65. The van der Waals surface area contributed by atoms with Gasteiger partial charge in [0.15, 0.2) is 0 Å². The van der Waals surface area contributed by atoms with Crippen LogP contribution in [-0.4, -0.2) is 49.7 Å². The molecule has 2 aliphatic rings. The summed E-state index contributed by atoms with van der Waals surface area (Å²) in [5.41, 5.74) is 0. The fourth-order valence-corrected chi connectivity index (χ4v) is 3.06. The maximum Gasteiger partial charge on any atom is 0.243 e. The largest absolute Gasteiger partial charge is 0.379 e. The van der Waals surface area contributed by atoms with Crippen LogP contribution in [0.1, 0.15) is 39.0 Å². The smallest absolute Gasteiger partial charge is 0.243 e. The number of morpholine rings is 1. The van der Waals surface area contributed by atoms with E-state index in [-0.39, 0.29) is 5.91 Å². The Bertz CT molecular complexity index is 316. The minimum absolute atomic E-state index is 0.0678. The van der Waals surface area contributed by atoms with Gasteiger partial charge in [-0.3, -0.25) is 9.69 Å². The molecule has 2 rings (SSSR count). The van der Waals surface area contributed by atoms with Crippen molar-refractivity contribution in [2.75, 3.05) is 32.8 Å². The second-order valence-electron chi connectivity index (χ2n) is 5.95. The highest BCUT2D eigenvalue weighted by molar-refractivity contribution is 5.87. The zero-order chi connectivity index (χ0) is 14.2. The van der Waals surface area contributed by atoms with Gasteiger partial charge in [-0.05, 0) is 31.6 Å². The van der Waals surface area contributed by atoms with E-state index in [1.807, 2.05) is 6.08 Å². The van der Waals surface area contributed by atoms with E-state index in [1.165, 1.54) is 19.3 Å². The van der Waals surface area contributed by atoms with E-state index < -0.39 is 0 Å². The van der Waals surface area contributed by atoms with Crippen molar-refractivity contribution in [3.8, 4) is 0 Å². The van der Waals surface area contributed by atoms with E-state index in [9.17, 15) is 4.79 Å². The number of carbonyl (C=O) groups is 1. The molecule has 114 valence electrons. The zero-order valence-electron chi connectivity index (χ0n) is 12.6. The summed E-state index contributed by atoms with van der Waals surface area (Å²) >= 11 is 0. The highest BCUT2D eigenvalue weighted by Gasteiger charge is 2.20. The average molecular weight is 280 g/mol. The number of rotatable bonds is 5. The second kappa shape index (κ2) is 8.42. The molecule has 0 spiro atoms. The summed E-state index contributed by atoms with van der Waals surface area (Å²) in [4.78, 5) is 14.2. The topological polar surface area (TPSA) is 41.6 Å². The SMILES string of the molecule is CCC1CCC(NC(=O)/C=C/CN2CCOCC2)CC1. The van der Waals surface area contributed by atoms with Crippen LogP contribution in [0.3, 0.4) is 0 Å². The molecule has 1 saturated heterocycles. The monoisotopic (exact) mass is 280 g/mol. The first kappa shape index (κ1) is 15.5. The third-order valence-electron chi connectivity index (χ3n) is 4.51. The fourth-order valence-electron chi connectivity index (χ4n) is 3.06. The molecule has 1 amide bonds. The Labute approximate surface area is 122 Å². The van der Waals surface area contributed by atoms with Crippen molar-refractivity contribution in [2.24, 2.45) is 5.92 Å². The number of hydrogen-bond acceptors (Lipinski definition) is 3. The Morgan fingerprint density at radius 1 is 1.25 bits per heavy atom. The van der Waals surface area contributed by atoms with Gasteiger partial charge in [-0.1, -0.05) is 19.4 Å². The molecule has 1 heterocycles. The standard InChI is InChI=1S/C16H28N2O2/c1-2-14-5-7-15(8-6-14)17-16(19)4-3-9-18-10-12-20-13-11-18/h3-4,14-15H,2,5-13H2,1H3,(H,17,19)/b4-3+. The Balaban J connectivity index is 1.62. The van der Waals surface area contributed by atoms with Gasteiger partial charge in [0.25, 0.3) is 0 Å². The second-order valence-corrected chi connectivity index (χ2v) is 5.95. The number of amides is 1. The van der Waals surface area contributed by atoms with Crippen LogP contribution in [-0.2, 0) is 9.53 Å². The van der Waals surface area contributed by atoms with Crippen molar-refractivity contribution in [1.82, 2.24) is 10.2 Å². The summed E-state index contributed by atoms with van der Waals surface area (Å²) in [5.74, 6) is 0.943. The molecule has 0 aromatic heterocycles. The number of carbonyl (C=O) groups excluding carboxylic acids is 1. The van der Waals surface area contributed by atoms with E-state index in [0.717, 1.165) is 51.6 Å². The van der Waals surface area contributed by atoms with E-state index in [4.69, 9.17) is 4.74 Å². The molecule has 0 aromatic carbocycles. The summed E-state index contributed by atoms with van der Waals surface area (Å²) in [5, 5.41) is 3.13. The maximum atomic E-state index is 11.9. The van der Waals surface area contributed by atoms with Crippen LogP contribution < -0.4 is 5.32 Å². The Kier molecular flexibility index (Phi) is 6.54. The summed E-state index contributed by atoms with van der Waals surface area (Å²) < 4.78 is 5.30. The van der Waals surface area contributed by atoms with E-state index in [2.05, 4.69) is 17.1 Å². The van der Waals surface area contributed by atoms with Gasteiger partial charge in [0.1, 0.15) is 0 Å². The summed E-state index contributed by atoms with van der Waals surface area (Å²) in [6, 6.07) is 0.387. The van der Waals surface area contributed by atoms with Crippen molar-refractivity contribution >= 4 is 5.91 Å². The minimum Gasteiger partial charge on any atom is -0.379 e. The lowest BCUT2D eigenvalue weighted by atomic mass is 9.84. The lowest BCUT2D eigenvalue weighted by Gasteiger charge is -2.28. The van der Waals surface area contributed by atoms with Gasteiger partial charge in [0.05, 0.1) is 13.2 Å². The molecule has 1 N–H and O–H groups in total. The summed E-state index contributed by atoms with van der Waals surface area (Å²) in [7, 11) is 0. The molecular formula is C16H28N2O2. The van der Waals surface area contributed by atoms with Crippen LogP contribution in [0, 0.1) is 5.92 Å². The Morgan fingerprint density at radius 3 is 2.60 bits per heavy atom. The van der Waals surface area contributed by atoms with Crippen molar-refractivity contribution in [2.45, 2.75) is 45.1 Å². The number of nitrogens with zero attached hydrogens (tertiary/aromatic N) is 1. The van der Waals surface area contributed by atoms with Crippen molar-refractivity contribution in [3.63, 3.8) is 0 Å². The van der Waals surface area contributed by atoms with Crippen LogP contribution in [0.5, 0.6) is 0 Å². The molecule has 0 unspecified atom stereocenters. The van der Waals surface area contributed by atoms with Crippen LogP contribution >= 0.6 is 0 Å². The molecule has 2 fully saturated rings. The van der Waals surface area contributed by atoms with Crippen LogP contribution in [0.2, 0.25) is 0 Å². The molecule has 4 nitrogen and oxygen atoms in total. The van der Waals surface area contributed by atoms with E-state index in [1.54, 1.807) is 6.08 Å². The molecule has 4 heteroatoms. The van der Waals surface area contributed by atoms with Gasteiger partial charge in [-0.15, -0.1) is 0 Å². The molecule has 1 saturated carbocycles. The summed E-state index contributed by atoms with van der Waals surface area (Å²) in [6.07, 6.45) is 9.75. The van der Waals surface area contributed by atoms with Crippen molar-refractivity contribution in [1.29, 1.82) is 0 Å². The predicted octanol–water partition coefficient (Wildman–Crippen LogP) is 1.96. The van der Waals surface area contributed by atoms with Gasteiger partial charge in [0.2, 0.25) is 5.91 Å². The van der Waals surface area contributed by atoms with E-state index in [0.29, 0.717) is 6.04 Å². The van der Waals surface area contributed by atoms with Crippen LogP contribution in [0.4, 0.5) is 0 Å². The normalized spacial score (nSPS) is 28.6. The Hall–Kier alpha value is -0.870. The quantitative estimate of drug-likeness (QED) is 0.783. The fraction of sp³-hybridized carbons (Fsp3) is 0.812. The zero-order valence-corrected chi connectivity index (χ0v) is 12.6. The third kappa shape index (κ3) is 5.25.